The van der Waals surface area contributed by atoms with Crippen molar-refractivity contribution in [2.24, 2.45) is 0 Å². The van der Waals surface area contributed by atoms with Crippen molar-refractivity contribution >= 4 is 10.2 Å². The summed E-state index contributed by atoms with van der Waals surface area (Å²) in [4.78, 5) is 0. The van der Waals surface area contributed by atoms with Gasteiger partial charge in [0.2, 0.25) is 0 Å². The van der Waals surface area contributed by atoms with Crippen molar-refractivity contribution in [2.75, 3.05) is 39.9 Å². The van der Waals surface area contributed by atoms with Crippen LogP contribution in [0.1, 0.15) is 39.5 Å². The normalized spacial score (nSPS) is 19.4. The van der Waals surface area contributed by atoms with Gasteiger partial charge in [-0.15, -0.1) is 0 Å². The second-order valence-electron chi connectivity index (χ2n) is 5.71. The molecule has 1 aliphatic rings. The van der Waals surface area contributed by atoms with Crippen molar-refractivity contribution in [3.05, 3.63) is 0 Å². The van der Waals surface area contributed by atoms with Crippen molar-refractivity contribution in [3.63, 3.8) is 0 Å². The molecule has 1 aliphatic heterocycles. The molecule has 120 valence electrons. The highest BCUT2D eigenvalue weighted by Crippen LogP contribution is 2.21. The summed E-state index contributed by atoms with van der Waals surface area (Å²) in [6.07, 6.45) is 3.35. The lowest BCUT2D eigenvalue weighted by molar-refractivity contribution is 0.0532. The van der Waals surface area contributed by atoms with E-state index in [4.69, 9.17) is 4.74 Å². The molecule has 0 aliphatic carbocycles. The van der Waals surface area contributed by atoms with Crippen LogP contribution in [0.15, 0.2) is 0 Å². The van der Waals surface area contributed by atoms with Gasteiger partial charge in [-0.2, -0.15) is 17.4 Å². The monoisotopic (exact) mass is 307 g/mol. The van der Waals surface area contributed by atoms with Crippen LogP contribution in [0.5, 0.6) is 0 Å². The number of nitrogens with one attached hydrogen (secondary N) is 2. The largest absolute Gasteiger partial charge is 0.381 e. The number of hydrogen-bond acceptors (Lipinski definition) is 4. The Kier molecular flexibility index (Phi) is 7.39. The average Bonchev–Trinajstić information content (AvgIpc) is 2.37. The van der Waals surface area contributed by atoms with E-state index in [-0.39, 0.29) is 5.54 Å². The van der Waals surface area contributed by atoms with Gasteiger partial charge in [-0.1, -0.05) is 6.92 Å². The van der Waals surface area contributed by atoms with Crippen LogP contribution in [0.3, 0.4) is 0 Å². The minimum Gasteiger partial charge on any atom is -0.381 e. The van der Waals surface area contributed by atoms with Crippen LogP contribution in [-0.4, -0.2) is 58.2 Å². The first kappa shape index (κ1) is 17.8. The number of rotatable bonds is 9. The summed E-state index contributed by atoms with van der Waals surface area (Å²) in [7, 11) is -1.78. The van der Waals surface area contributed by atoms with Gasteiger partial charge in [-0.25, -0.2) is 0 Å². The standard InChI is InChI=1S/C13H29N3O3S/c1-4-8-14-9-5-10-16(3)20(17,18)15-13(2)6-11-19-12-7-13/h14-15H,4-12H2,1-3H3. The van der Waals surface area contributed by atoms with Crippen molar-refractivity contribution in [2.45, 2.75) is 45.1 Å². The van der Waals surface area contributed by atoms with Gasteiger partial charge in [0.1, 0.15) is 0 Å². The van der Waals surface area contributed by atoms with Gasteiger partial charge in [0.25, 0.3) is 10.2 Å². The molecule has 0 bridgehead atoms. The molecular weight excluding hydrogens is 278 g/mol. The molecule has 0 amide bonds. The molecule has 6 nitrogen and oxygen atoms in total. The summed E-state index contributed by atoms with van der Waals surface area (Å²) < 4.78 is 34.1. The highest BCUT2D eigenvalue weighted by molar-refractivity contribution is 7.87. The third kappa shape index (κ3) is 6.05. The summed E-state index contributed by atoms with van der Waals surface area (Å²) in [5.41, 5.74) is -0.383. The Hall–Kier alpha value is -0.210. The zero-order chi connectivity index (χ0) is 15.1. The van der Waals surface area contributed by atoms with E-state index in [0.29, 0.717) is 19.8 Å². The van der Waals surface area contributed by atoms with Gasteiger partial charge in [0.05, 0.1) is 0 Å². The minimum atomic E-state index is -3.41. The molecule has 0 spiro atoms. The molecule has 0 aromatic heterocycles. The topological polar surface area (TPSA) is 70.7 Å². The molecule has 0 aromatic rings. The molecule has 1 fully saturated rings. The lowest BCUT2D eigenvalue weighted by atomic mass is 9.94. The van der Waals surface area contributed by atoms with Crippen LogP contribution >= 0.6 is 0 Å². The molecule has 0 aromatic carbocycles. The summed E-state index contributed by atoms with van der Waals surface area (Å²) in [6, 6.07) is 0. The van der Waals surface area contributed by atoms with Gasteiger partial charge in [0.15, 0.2) is 0 Å². The highest BCUT2D eigenvalue weighted by Gasteiger charge is 2.33. The Bertz CT molecular complexity index is 367. The Morgan fingerprint density at radius 1 is 1.25 bits per heavy atom. The van der Waals surface area contributed by atoms with Crippen molar-refractivity contribution in [3.8, 4) is 0 Å². The average molecular weight is 307 g/mol. The molecule has 1 saturated heterocycles. The first-order valence-corrected chi connectivity index (χ1v) is 8.87. The van der Waals surface area contributed by atoms with Crippen LogP contribution in [0.4, 0.5) is 0 Å². The lowest BCUT2D eigenvalue weighted by Gasteiger charge is -2.35. The van der Waals surface area contributed by atoms with Crippen LogP contribution in [0.2, 0.25) is 0 Å². The summed E-state index contributed by atoms with van der Waals surface area (Å²) in [5, 5.41) is 3.27. The van der Waals surface area contributed by atoms with E-state index in [9.17, 15) is 8.42 Å². The van der Waals surface area contributed by atoms with E-state index in [1.54, 1.807) is 7.05 Å². The molecular formula is C13H29N3O3S. The fraction of sp³-hybridized carbons (Fsp3) is 1.00. The molecule has 0 radical (unpaired) electrons. The fourth-order valence-corrected chi connectivity index (χ4v) is 3.51. The number of ether oxygens (including phenoxy) is 1. The van der Waals surface area contributed by atoms with Gasteiger partial charge in [0, 0.05) is 32.3 Å². The predicted octanol–water partition coefficient (Wildman–Crippen LogP) is 0.711. The first-order valence-electron chi connectivity index (χ1n) is 7.43. The quantitative estimate of drug-likeness (QED) is 0.616. The Morgan fingerprint density at radius 2 is 1.90 bits per heavy atom. The zero-order valence-corrected chi connectivity index (χ0v) is 13.8. The van der Waals surface area contributed by atoms with E-state index in [2.05, 4.69) is 17.0 Å². The second kappa shape index (κ2) is 8.29. The molecule has 1 heterocycles. The number of nitrogens with zero attached hydrogens (tertiary/aromatic N) is 1. The van der Waals surface area contributed by atoms with Crippen LogP contribution in [0, 0.1) is 0 Å². The van der Waals surface area contributed by atoms with Crippen LogP contribution in [0.25, 0.3) is 0 Å². The Labute approximate surface area is 123 Å². The fourth-order valence-electron chi connectivity index (χ4n) is 2.16. The summed E-state index contributed by atoms with van der Waals surface area (Å²) in [6.45, 7) is 7.64. The second-order valence-corrected chi connectivity index (χ2v) is 7.48. The van der Waals surface area contributed by atoms with Crippen LogP contribution < -0.4 is 10.0 Å². The number of hydrogen-bond donors (Lipinski definition) is 2. The van der Waals surface area contributed by atoms with Crippen LogP contribution in [-0.2, 0) is 14.9 Å². The molecule has 7 heteroatoms. The van der Waals surface area contributed by atoms with E-state index < -0.39 is 10.2 Å². The molecule has 20 heavy (non-hydrogen) atoms. The zero-order valence-electron chi connectivity index (χ0n) is 12.9. The molecule has 0 saturated carbocycles. The summed E-state index contributed by atoms with van der Waals surface area (Å²) >= 11 is 0. The maximum atomic E-state index is 12.3. The third-order valence-corrected chi connectivity index (χ3v) is 5.39. The van der Waals surface area contributed by atoms with Gasteiger partial charge >= 0.3 is 0 Å². The maximum Gasteiger partial charge on any atom is 0.279 e. The Balaban J connectivity index is 2.38. The smallest absolute Gasteiger partial charge is 0.279 e. The van der Waals surface area contributed by atoms with Gasteiger partial charge in [-0.05, 0) is 45.7 Å². The van der Waals surface area contributed by atoms with E-state index in [1.165, 1.54) is 4.31 Å². The summed E-state index contributed by atoms with van der Waals surface area (Å²) in [5.74, 6) is 0. The Morgan fingerprint density at radius 3 is 2.50 bits per heavy atom. The predicted molar refractivity (Wildman–Crippen MR) is 80.9 cm³/mol. The molecule has 0 atom stereocenters. The van der Waals surface area contributed by atoms with E-state index in [1.807, 2.05) is 6.92 Å². The SMILES string of the molecule is CCCNCCCN(C)S(=O)(=O)NC1(C)CCOCC1. The van der Waals surface area contributed by atoms with Crippen molar-refractivity contribution < 1.29 is 13.2 Å². The lowest BCUT2D eigenvalue weighted by Crippen LogP contribution is -2.53. The molecule has 1 rings (SSSR count). The maximum absolute atomic E-state index is 12.3. The third-order valence-electron chi connectivity index (χ3n) is 3.64. The van der Waals surface area contributed by atoms with E-state index >= 15 is 0 Å². The molecule has 0 unspecified atom stereocenters. The van der Waals surface area contributed by atoms with Gasteiger partial charge in [-0.3, -0.25) is 0 Å². The van der Waals surface area contributed by atoms with Crippen molar-refractivity contribution in [1.82, 2.24) is 14.3 Å². The van der Waals surface area contributed by atoms with E-state index in [0.717, 1.165) is 38.8 Å². The van der Waals surface area contributed by atoms with Gasteiger partial charge < -0.3 is 10.1 Å². The minimum absolute atomic E-state index is 0.383. The molecule has 2 N–H and O–H groups in total. The highest BCUT2D eigenvalue weighted by atomic mass is 32.2. The first-order chi connectivity index (χ1) is 9.40. The van der Waals surface area contributed by atoms with Crippen molar-refractivity contribution in [1.29, 1.82) is 0 Å².